The molecule has 0 aliphatic rings. The second kappa shape index (κ2) is 16.2. The fraction of sp³-hybridized carbons (Fsp3) is 0.192. The Kier molecular flexibility index (Phi) is 12.8. The Morgan fingerprint density at radius 1 is 0.844 bits per heavy atom. The Balaban J connectivity index is 0.000000421. The molecule has 19 heteroatoms. The fourth-order valence-electron chi connectivity index (χ4n) is 2.98. The molecule has 0 atom stereocenters. The normalized spacial score (nSPS) is 10.7. The van der Waals surface area contributed by atoms with Gasteiger partial charge in [-0.15, -0.1) is 0 Å². The van der Waals surface area contributed by atoms with E-state index >= 15 is 0 Å². The molecular weight excluding hydrogens is 622 g/mol. The number of benzene rings is 2. The molecule has 6 N–H and O–H groups in total. The van der Waals surface area contributed by atoms with Crippen molar-refractivity contribution in [3.8, 4) is 22.6 Å². The van der Waals surface area contributed by atoms with E-state index in [9.17, 15) is 31.1 Å². The fourth-order valence-corrected chi connectivity index (χ4v) is 2.98. The number of urea groups is 1. The first-order valence-corrected chi connectivity index (χ1v) is 12.1. The molecule has 13 nitrogen and oxygen atoms in total. The topological polar surface area (TPSA) is 192 Å². The van der Waals surface area contributed by atoms with Gasteiger partial charge in [-0.3, -0.25) is 10.2 Å². The predicted octanol–water partition coefficient (Wildman–Crippen LogP) is 4.98. The lowest BCUT2D eigenvalue weighted by atomic mass is 10.1. The third kappa shape index (κ3) is 12.6. The first kappa shape index (κ1) is 35.4. The number of hydrogen-bond acceptors (Lipinski definition) is 7. The van der Waals surface area contributed by atoms with Crippen LogP contribution in [0.15, 0.2) is 67.3 Å². The third-order valence-electron chi connectivity index (χ3n) is 5.08. The van der Waals surface area contributed by atoms with E-state index in [0.29, 0.717) is 24.6 Å². The van der Waals surface area contributed by atoms with Crippen LogP contribution >= 0.6 is 0 Å². The summed E-state index contributed by atoms with van der Waals surface area (Å²) >= 11 is 0. The first-order valence-electron chi connectivity index (χ1n) is 12.1. The summed E-state index contributed by atoms with van der Waals surface area (Å²) in [5.74, 6) is -4.24. The zero-order valence-electron chi connectivity index (χ0n) is 22.9. The summed E-state index contributed by atoms with van der Waals surface area (Å²) in [7, 11) is 1.61. The molecule has 0 radical (unpaired) electrons. The number of H-pyrrole nitrogens is 2. The van der Waals surface area contributed by atoms with Gasteiger partial charge in [0.15, 0.2) is 0 Å². The van der Waals surface area contributed by atoms with Gasteiger partial charge in [0.25, 0.3) is 0 Å². The van der Waals surface area contributed by atoms with Crippen LogP contribution in [0, 0.1) is 0 Å². The van der Waals surface area contributed by atoms with Crippen molar-refractivity contribution in [2.24, 2.45) is 0 Å². The van der Waals surface area contributed by atoms with E-state index in [1.807, 2.05) is 36.4 Å². The average molecular weight is 647 g/mol. The molecule has 2 amide bonds. The summed E-state index contributed by atoms with van der Waals surface area (Å²) in [5.41, 5.74) is 4.21. The van der Waals surface area contributed by atoms with Crippen LogP contribution in [0.25, 0.3) is 11.1 Å². The molecule has 4 aromatic rings. The number of carbonyl (C=O) groups is 3. The number of carboxylic acids is 2. The van der Waals surface area contributed by atoms with Crippen molar-refractivity contribution in [2.75, 3.05) is 12.4 Å². The molecule has 45 heavy (non-hydrogen) atoms. The Bertz CT molecular complexity index is 1500. The maximum atomic E-state index is 12.5. The number of aromatic amines is 2. The molecule has 4 rings (SSSR count). The van der Waals surface area contributed by atoms with E-state index in [1.54, 1.807) is 38.0 Å². The molecule has 0 unspecified atom stereocenters. The summed E-state index contributed by atoms with van der Waals surface area (Å²) < 4.78 is 74.7. The van der Waals surface area contributed by atoms with Crippen LogP contribution in [-0.4, -0.2) is 68.0 Å². The maximum absolute atomic E-state index is 12.5. The molecule has 2 aromatic carbocycles. The van der Waals surface area contributed by atoms with Gasteiger partial charge in [-0.25, -0.2) is 14.4 Å². The van der Waals surface area contributed by atoms with Crippen LogP contribution in [0.4, 0.5) is 36.8 Å². The highest BCUT2D eigenvalue weighted by atomic mass is 19.4. The van der Waals surface area contributed by atoms with Crippen molar-refractivity contribution in [2.45, 2.75) is 25.5 Å². The smallest absolute Gasteiger partial charge is 0.490 e. The second-order valence-electron chi connectivity index (χ2n) is 8.36. The highest BCUT2D eigenvalue weighted by Crippen LogP contribution is 2.31. The minimum absolute atomic E-state index is 0.311. The number of aliphatic carboxylic acids is 2. The molecule has 242 valence electrons. The molecule has 0 fully saturated rings. The lowest BCUT2D eigenvalue weighted by Gasteiger charge is -2.14. The van der Waals surface area contributed by atoms with Crippen LogP contribution in [0.5, 0.6) is 11.5 Å². The molecule has 0 aliphatic carbocycles. The highest BCUT2D eigenvalue weighted by Gasteiger charge is 2.38. The Morgan fingerprint density at radius 2 is 1.47 bits per heavy atom. The zero-order valence-corrected chi connectivity index (χ0v) is 22.9. The van der Waals surface area contributed by atoms with Gasteiger partial charge in [0.1, 0.15) is 18.1 Å². The largest absolute Gasteiger partial charge is 0.497 e. The SMILES string of the molecule is COc1cccc(CNC(=O)Nc2ccc(-c3cn[nH]c3)cc2OCc2cn[nH]c2)c1.O=C(O)C(F)(F)F.O=C(O)C(F)(F)F. The number of ether oxygens (including phenoxy) is 2. The summed E-state index contributed by atoms with van der Waals surface area (Å²) in [4.78, 5) is 30.3. The molecule has 0 saturated carbocycles. The number of carboxylic acid groups (broad SMARTS) is 2. The lowest BCUT2D eigenvalue weighted by molar-refractivity contribution is -0.193. The number of carbonyl (C=O) groups excluding carboxylic acids is 1. The number of nitrogens with one attached hydrogen (secondary N) is 4. The van der Waals surface area contributed by atoms with Gasteiger partial charge in [0.05, 0.1) is 25.2 Å². The molecular formula is C26H24F6N6O7. The minimum Gasteiger partial charge on any atom is -0.497 e. The number of hydrogen-bond donors (Lipinski definition) is 6. The second-order valence-corrected chi connectivity index (χ2v) is 8.36. The molecule has 2 heterocycles. The van der Waals surface area contributed by atoms with Crippen molar-refractivity contribution in [1.29, 1.82) is 0 Å². The molecule has 0 spiro atoms. The van der Waals surface area contributed by atoms with E-state index in [-0.39, 0.29) is 6.03 Å². The summed E-state index contributed by atoms with van der Waals surface area (Å²) in [5, 5.41) is 33.4. The van der Waals surface area contributed by atoms with Crippen molar-refractivity contribution < 1.29 is 60.4 Å². The van der Waals surface area contributed by atoms with Crippen molar-refractivity contribution in [3.63, 3.8) is 0 Å². The summed E-state index contributed by atoms with van der Waals surface area (Å²) in [6.45, 7) is 0.673. The van der Waals surface area contributed by atoms with E-state index in [2.05, 4.69) is 31.0 Å². The van der Waals surface area contributed by atoms with Crippen LogP contribution in [0.1, 0.15) is 11.1 Å². The zero-order chi connectivity index (χ0) is 33.6. The Hall–Kier alpha value is -5.75. The molecule has 0 bridgehead atoms. The number of anilines is 1. The van der Waals surface area contributed by atoms with Gasteiger partial charge in [-0.2, -0.15) is 36.5 Å². The van der Waals surface area contributed by atoms with E-state index in [1.165, 1.54) is 0 Å². The van der Waals surface area contributed by atoms with E-state index in [4.69, 9.17) is 29.3 Å². The number of nitrogens with zero attached hydrogens (tertiary/aromatic N) is 2. The van der Waals surface area contributed by atoms with E-state index in [0.717, 1.165) is 28.0 Å². The average Bonchev–Trinajstić information content (AvgIpc) is 3.70. The quantitative estimate of drug-likeness (QED) is 0.143. The summed E-state index contributed by atoms with van der Waals surface area (Å²) in [6.07, 6.45) is -3.20. The Labute approximate surface area is 249 Å². The van der Waals surface area contributed by atoms with Gasteiger partial charge in [0, 0.05) is 30.1 Å². The summed E-state index contributed by atoms with van der Waals surface area (Å²) in [6, 6.07) is 12.8. The first-order chi connectivity index (χ1) is 21.1. The lowest BCUT2D eigenvalue weighted by Crippen LogP contribution is -2.28. The van der Waals surface area contributed by atoms with Crippen LogP contribution in [0.3, 0.4) is 0 Å². The van der Waals surface area contributed by atoms with Gasteiger partial charge < -0.3 is 30.3 Å². The Morgan fingerprint density at radius 3 is 2.00 bits per heavy atom. The number of alkyl halides is 6. The number of rotatable bonds is 8. The maximum Gasteiger partial charge on any atom is 0.490 e. The standard InChI is InChI=1S/C22H22N6O3.2C2HF3O2/c1-30-19-4-2-3-15(7-19)9-23-22(29)28-20-6-5-17(18-12-26-27-13-18)8-21(20)31-14-16-10-24-25-11-16;2*3-2(4,5)1(6)7/h2-8,10-13H,9,14H2,1H3,(H,24,25)(H,26,27)(H2,23,28,29);2*(H,6,7). The third-order valence-corrected chi connectivity index (χ3v) is 5.08. The monoisotopic (exact) mass is 646 g/mol. The van der Waals surface area contributed by atoms with Gasteiger partial charge in [-0.05, 0) is 35.4 Å². The van der Waals surface area contributed by atoms with Gasteiger partial charge in [0.2, 0.25) is 0 Å². The number of aromatic nitrogens is 4. The molecule has 0 saturated heterocycles. The minimum atomic E-state index is -5.08. The van der Waals surface area contributed by atoms with Gasteiger partial charge in [-0.1, -0.05) is 18.2 Å². The van der Waals surface area contributed by atoms with Gasteiger partial charge >= 0.3 is 30.3 Å². The molecule has 0 aliphatic heterocycles. The van der Waals surface area contributed by atoms with Crippen molar-refractivity contribution in [3.05, 3.63) is 78.4 Å². The van der Waals surface area contributed by atoms with Crippen molar-refractivity contribution in [1.82, 2.24) is 25.7 Å². The number of halogens is 6. The highest BCUT2D eigenvalue weighted by molar-refractivity contribution is 5.91. The van der Waals surface area contributed by atoms with Crippen molar-refractivity contribution >= 4 is 23.7 Å². The number of amides is 2. The van der Waals surface area contributed by atoms with Crippen LogP contribution in [0.2, 0.25) is 0 Å². The van der Waals surface area contributed by atoms with E-state index < -0.39 is 24.3 Å². The van der Waals surface area contributed by atoms with Crippen LogP contribution in [-0.2, 0) is 22.7 Å². The number of methoxy groups -OCH3 is 1. The van der Waals surface area contributed by atoms with Crippen LogP contribution < -0.4 is 20.1 Å². The predicted molar refractivity (Wildman–Crippen MR) is 143 cm³/mol. The molecule has 2 aromatic heterocycles.